The molecule has 0 fully saturated rings. The predicted octanol–water partition coefficient (Wildman–Crippen LogP) is 0.257. The van der Waals surface area contributed by atoms with Gasteiger partial charge in [-0.25, -0.2) is 9.59 Å². The molecule has 0 amide bonds. The van der Waals surface area contributed by atoms with Crippen molar-refractivity contribution in [2.24, 2.45) is 0 Å². The van der Waals surface area contributed by atoms with Crippen molar-refractivity contribution in [1.29, 1.82) is 0 Å². The van der Waals surface area contributed by atoms with Crippen molar-refractivity contribution in [2.75, 3.05) is 5.73 Å². The molecule has 14 heavy (non-hydrogen) atoms. The number of nitrogen functional groups attached to an aromatic ring is 1. The maximum Gasteiger partial charge on any atom is 0.356 e. The fourth-order valence-electron chi connectivity index (χ4n) is 1.25. The molecule has 78 valence electrons. The van der Waals surface area contributed by atoms with E-state index in [1.165, 1.54) is 0 Å². The smallest absolute Gasteiger partial charge is 0.356 e. The number of carbonyl (C=O) groups is 1. The largest absolute Gasteiger partial charge is 0.476 e. The highest BCUT2D eigenvalue weighted by Gasteiger charge is 2.17. The van der Waals surface area contributed by atoms with Crippen LogP contribution >= 0.6 is 0 Å². The summed E-state index contributed by atoms with van der Waals surface area (Å²) in [5.74, 6) is -1.27. The summed E-state index contributed by atoms with van der Waals surface area (Å²) >= 11 is 0. The number of hydrogen-bond donors (Lipinski definition) is 3. The maximum atomic E-state index is 11.2. The van der Waals surface area contributed by atoms with Crippen molar-refractivity contribution < 1.29 is 9.90 Å². The van der Waals surface area contributed by atoms with Gasteiger partial charge >= 0.3 is 11.7 Å². The minimum Gasteiger partial charge on any atom is -0.476 e. The number of aromatic amines is 1. The molecule has 0 aliphatic carbocycles. The lowest BCUT2D eigenvalue weighted by Gasteiger charge is -2.02. The summed E-state index contributed by atoms with van der Waals surface area (Å²) in [6.45, 7) is 2.34. The first-order valence-electron chi connectivity index (χ1n) is 4.39. The Labute approximate surface area is 80.4 Å². The average molecular weight is 199 g/mol. The Morgan fingerprint density at radius 3 is 2.79 bits per heavy atom. The molecular formula is C8H13N3O3. The number of carboxylic acid groups (broad SMARTS) is 1. The normalized spacial score (nSPS) is 10.4. The molecule has 1 heterocycles. The van der Waals surface area contributed by atoms with Crippen molar-refractivity contribution in [2.45, 2.75) is 26.3 Å². The zero-order chi connectivity index (χ0) is 10.7. The van der Waals surface area contributed by atoms with Gasteiger partial charge in [-0.15, -0.1) is 0 Å². The van der Waals surface area contributed by atoms with Crippen LogP contribution in [0.3, 0.4) is 0 Å². The van der Waals surface area contributed by atoms with Crippen LogP contribution in [-0.2, 0) is 6.54 Å². The van der Waals surface area contributed by atoms with E-state index >= 15 is 0 Å². The Kier molecular flexibility index (Phi) is 2.95. The maximum absolute atomic E-state index is 11.2. The van der Waals surface area contributed by atoms with Crippen molar-refractivity contribution in [3.63, 3.8) is 0 Å². The van der Waals surface area contributed by atoms with Crippen LogP contribution in [0.15, 0.2) is 4.79 Å². The molecule has 4 N–H and O–H groups in total. The van der Waals surface area contributed by atoms with Gasteiger partial charge in [0.1, 0.15) is 5.82 Å². The summed E-state index contributed by atoms with van der Waals surface area (Å²) in [6.07, 6.45) is 1.63. The van der Waals surface area contributed by atoms with E-state index in [2.05, 4.69) is 4.98 Å². The Balaban J connectivity index is 3.12. The third-order valence-corrected chi connectivity index (χ3v) is 1.95. The van der Waals surface area contributed by atoms with Crippen LogP contribution in [0.25, 0.3) is 0 Å². The van der Waals surface area contributed by atoms with E-state index in [-0.39, 0.29) is 11.5 Å². The van der Waals surface area contributed by atoms with Gasteiger partial charge in [-0.1, -0.05) is 13.3 Å². The molecular weight excluding hydrogens is 186 g/mol. The Hall–Kier alpha value is -1.72. The molecule has 0 atom stereocenters. The van der Waals surface area contributed by atoms with Gasteiger partial charge in [-0.05, 0) is 6.42 Å². The lowest BCUT2D eigenvalue weighted by molar-refractivity contribution is 0.0685. The van der Waals surface area contributed by atoms with Crippen LogP contribution in [-0.4, -0.2) is 20.6 Å². The number of imidazole rings is 1. The SMILES string of the molecule is CCCCn1c(C(=O)O)c(N)[nH]c1=O. The quantitative estimate of drug-likeness (QED) is 0.647. The molecule has 0 aromatic carbocycles. The number of aromatic carboxylic acids is 1. The topological polar surface area (TPSA) is 101 Å². The first-order chi connectivity index (χ1) is 6.57. The molecule has 1 aromatic heterocycles. The molecule has 0 bridgehead atoms. The number of rotatable bonds is 4. The molecule has 6 heteroatoms. The number of nitrogens with one attached hydrogen (secondary N) is 1. The van der Waals surface area contributed by atoms with E-state index in [1.54, 1.807) is 0 Å². The number of anilines is 1. The van der Waals surface area contributed by atoms with Crippen LogP contribution in [0.1, 0.15) is 30.3 Å². The summed E-state index contributed by atoms with van der Waals surface area (Å²) in [6, 6.07) is 0. The molecule has 0 aliphatic rings. The second-order valence-corrected chi connectivity index (χ2v) is 3.00. The molecule has 0 unspecified atom stereocenters. The van der Waals surface area contributed by atoms with E-state index < -0.39 is 11.7 Å². The Bertz CT molecular complexity index is 391. The van der Waals surface area contributed by atoms with E-state index in [0.717, 1.165) is 17.4 Å². The van der Waals surface area contributed by atoms with Gasteiger partial charge in [0, 0.05) is 6.54 Å². The monoisotopic (exact) mass is 199 g/mol. The molecule has 0 radical (unpaired) electrons. The van der Waals surface area contributed by atoms with Crippen LogP contribution < -0.4 is 11.4 Å². The molecule has 0 saturated heterocycles. The summed E-state index contributed by atoms with van der Waals surface area (Å²) in [7, 11) is 0. The Morgan fingerprint density at radius 2 is 2.29 bits per heavy atom. The number of nitrogens with zero attached hydrogens (tertiary/aromatic N) is 1. The first-order valence-corrected chi connectivity index (χ1v) is 4.39. The summed E-state index contributed by atoms with van der Waals surface area (Å²) in [5.41, 5.74) is 4.74. The number of carboxylic acids is 1. The van der Waals surface area contributed by atoms with Crippen LogP contribution in [0.5, 0.6) is 0 Å². The highest BCUT2D eigenvalue weighted by molar-refractivity contribution is 5.90. The number of nitrogens with two attached hydrogens (primary N) is 1. The van der Waals surface area contributed by atoms with Gasteiger partial charge < -0.3 is 10.8 Å². The summed E-state index contributed by atoms with van der Waals surface area (Å²) in [4.78, 5) is 24.3. The van der Waals surface area contributed by atoms with Gasteiger partial charge in [0.25, 0.3) is 0 Å². The standard InChI is InChI=1S/C8H13N3O3/c1-2-3-4-11-5(7(12)13)6(9)10-8(11)14/h2-4,9H2,1H3,(H,10,14)(H,12,13). The fourth-order valence-corrected chi connectivity index (χ4v) is 1.25. The van der Waals surface area contributed by atoms with Crippen LogP contribution in [0.2, 0.25) is 0 Å². The lowest BCUT2D eigenvalue weighted by Crippen LogP contribution is -2.21. The zero-order valence-corrected chi connectivity index (χ0v) is 7.91. The third kappa shape index (κ3) is 1.78. The Morgan fingerprint density at radius 1 is 1.64 bits per heavy atom. The number of aromatic nitrogens is 2. The van der Waals surface area contributed by atoms with E-state index in [9.17, 15) is 9.59 Å². The van der Waals surface area contributed by atoms with E-state index in [4.69, 9.17) is 10.8 Å². The molecule has 0 aliphatic heterocycles. The number of hydrogen-bond acceptors (Lipinski definition) is 3. The second kappa shape index (κ2) is 3.99. The lowest BCUT2D eigenvalue weighted by atomic mass is 10.3. The number of unbranched alkanes of at least 4 members (excludes halogenated alkanes) is 1. The van der Waals surface area contributed by atoms with Gasteiger partial charge in [0.2, 0.25) is 0 Å². The van der Waals surface area contributed by atoms with Crippen molar-refractivity contribution in [3.8, 4) is 0 Å². The molecule has 1 rings (SSSR count). The van der Waals surface area contributed by atoms with Gasteiger partial charge in [-0.3, -0.25) is 9.55 Å². The fraction of sp³-hybridized carbons (Fsp3) is 0.500. The minimum absolute atomic E-state index is 0.0846. The minimum atomic E-state index is -1.18. The van der Waals surface area contributed by atoms with Crippen molar-refractivity contribution in [3.05, 3.63) is 16.2 Å². The molecule has 1 aromatic rings. The average Bonchev–Trinajstić information content (AvgIpc) is 2.37. The molecule has 0 saturated carbocycles. The van der Waals surface area contributed by atoms with Crippen molar-refractivity contribution in [1.82, 2.24) is 9.55 Å². The van der Waals surface area contributed by atoms with Gasteiger partial charge in [0.05, 0.1) is 0 Å². The van der Waals surface area contributed by atoms with Gasteiger partial charge in [-0.2, -0.15) is 0 Å². The highest BCUT2D eigenvalue weighted by Crippen LogP contribution is 2.07. The van der Waals surface area contributed by atoms with Crippen LogP contribution in [0.4, 0.5) is 5.82 Å². The van der Waals surface area contributed by atoms with Crippen LogP contribution in [0, 0.1) is 0 Å². The highest BCUT2D eigenvalue weighted by atomic mass is 16.4. The van der Waals surface area contributed by atoms with E-state index in [0.29, 0.717) is 6.54 Å². The molecule has 6 nitrogen and oxygen atoms in total. The summed E-state index contributed by atoms with van der Waals surface area (Å²) < 4.78 is 1.15. The van der Waals surface area contributed by atoms with Gasteiger partial charge in [0.15, 0.2) is 5.69 Å². The second-order valence-electron chi connectivity index (χ2n) is 3.00. The van der Waals surface area contributed by atoms with Crippen molar-refractivity contribution >= 4 is 11.8 Å². The number of H-pyrrole nitrogens is 1. The van der Waals surface area contributed by atoms with E-state index in [1.807, 2.05) is 6.92 Å². The predicted molar refractivity (Wildman–Crippen MR) is 51.3 cm³/mol. The first kappa shape index (κ1) is 10.4. The summed E-state index contributed by atoms with van der Waals surface area (Å²) in [5, 5.41) is 8.80. The molecule has 0 spiro atoms. The zero-order valence-electron chi connectivity index (χ0n) is 7.91. The third-order valence-electron chi connectivity index (χ3n) is 1.95.